The number of nitrogens with zero attached hydrogens (tertiary/aromatic N) is 1. The van der Waals surface area contributed by atoms with Crippen LogP contribution in [0.5, 0.6) is 5.88 Å². The molecule has 0 aliphatic rings. The first kappa shape index (κ1) is 12.9. The zero-order valence-electron chi connectivity index (χ0n) is 9.50. The molecule has 0 bridgehead atoms. The first-order valence-corrected chi connectivity index (χ1v) is 6.91. The lowest BCUT2D eigenvalue weighted by Crippen LogP contribution is -2.05. The van der Waals surface area contributed by atoms with Crippen LogP contribution >= 0.6 is 11.6 Å². The van der Waals surface area contributed by atoms with Crippen LogP contribution in [0.3, 0.4) is 0 Å². The summed E-state index contributed by atoms with van der Waals surface area (Å²) in [4.78, 5) is 4.07. The van der Waals surface area contributed by atoms with Gasteiger partial charge in [-0.1, -0.05) is 11.6 Å². The second-order valence-electron chi connectivity index (χ2n) is 3.47. The number of pyridine rings is 1. The van der Waals surface area contributed by atoms with Crippen molar-refractivity contribution in [2.24, 2.45) is 0 Å². The molecule has 0 atom stereocenters. The highest BCUT2D eigenvalue weighted by Gasteiger charge is 2.22. The van der Waals surface area contributed by atoms with Crippen molar-refractivity contribution < 1.29 is 13.2 Å². The van der Waals surface area contributed by atoms with Crippen molar-refractivity contribution in [1.29, 1.82) is 0 Å². The van der Waals surface area contributed by atoms with Gasteiger partial charge < -0.3 is 4.74 Å². The maximum atomic E-state index is 12.4. The van der Waals surface area contributed by atoms with Crippen LogP contribution in [-0.4, -0.2) is 20.5 Å². The molecule has 1 heterocycles. The van der Waals surface area contributed by atoms with Crippen LogP contribution in [0.4, 0.5) is 0 Å². The van der Waals surface area contributed by atoms with Gasteiger partial charge in [-0.25, -0.2) is 13.4 Å². The number of ether oxygens (including phenoxy) is 1. The van der Waals surface area contributed by atoms with Crippen LogP contribution in [0.2, 0.25) is 5.02 Å². The summed E-state index contributed by atoms with van der Waals surface area (Å²) >= 11 is 5.73. The molecule has 1 aromatic carbocycles. The van der Waals surface area contributed by atoms with Gasteiger partial charge in [-0.2, -0.15) is 0 Å². The number of methoxy groups -OCH3 is 1. The van der Waals surface area contributed by atoms with Gasteiger partial charge in [0.1, 0.15) is 4.90 Å². The predicted octanol–water partition coefficient (Wildman–Crippen LogP) is 2.58. The molecule has 0 spiro atoms. The van der Waals surface area contributed by atoms with Gasteiger partial charge in [-0.05, 0) is 36.4 Å². The van der Waals surface area contributed by atoms with Crippen molar-refractivity contribution in [2.45, 2.75) is 9.79 Å². The second kappa shape index (κ2) is 4.96. The Hall–Kier alpha value is -1.59. The van der Waals surface area contributed by atoms with E-state index in [-0.39, 0.29) is 15.7 Å². The van der Waals surface area contributed by atoms with Gasteiger partial charge in [0.05, 0.1) is 12.0 Å². The van der Waals surface area contributed by atoms with Crippen LogP contribution in [0.15, 0.2) is 52.4 Å². The normalized spacial score (nSPS) is 11.2. The van der Waals surface area contributed by atoms with E-state index in [1.54, 1.807) is 6.07 Å². The third-order valence-electron chi connectivity index (χ3n) is 2.34. The van der Waals surface area contributed by atoms with E-state index in [2.05, 4.69) is 4.98 Å². The van der Waals surface area contributed by atoms with Crippen molar-refractivity contribution in [2.75, 3.05) is 7.11 Å². The van der Waals surface area contributed by atoms with Crippen LogP contribution < -0.4 is 4.74 Å². The molecule has 4 nitrogen and oxygen atoms in total. The van der Waals surface area contributed by atoms with Gasteiger partial charge in [0.15, 0.2) is 0 Å². The summed E-state index contributed by atoms with van der Waals surface area (Å²) in [6, 6.07) is 8.95. The summed E-state index contributed by atoms with van der Waals surface area (Å²) in [6.45, 7) is 0. The first-order valence-electron chi connectivity index (χ1n) is 5.05. The molecule has 0 fully saturated rings. The number of hydrogen-bond acceptors (Lipinski definition) is 4. The highest BCUT2D eigenvalue weighted by molar-refractivity contribution is 7.91. The Morgan fingerprint density at radius 3 is 2.44 bits per heavy atom. The average molecular weight is 284 g/mol. The molecule has 0 saturated heterocycles. The molecule has 0 amide bonds. The highest BCUT2D eigenvalue weighted by Crippen LogP contribution is 2.27. The second-order valence-corrected chi connectivity index (χ2v) is 5.82. The Labute approximate surface area is 110 Å². The number of rotatable bonds is 3. The lowest BCUT2D eigenvalue weighted by atomic mass is 10.4. The minimum Gasteiger partial charge on any atom is -0.480 e. The van der Waals surface area contributed by atoms with Gasteiger partial charge >= 0.3 is 0 Å². The molecule has 0 radical (unpaired) electrons. The Balaban J connectivity index is 2.58. The Morgan fingerprint density at radius 2 is 1.83 bits per heavy atom. The van der Waals surface area contributed by atoms with Gasteiger partial charge in [0, 0.05) is 11.2 Å². The quantitative estimate of drug-likeness (QED) is 0.869. The molecule has 0 N–H and O–H groups in total. The first-order chi connectivity index (χ1) is 8.55. The Bertz CT molecular complexity index is 653. The average Bonchev–Trinajstić information content (AvgIpc) is 2.39. The van der Waals surface area contributed by atoms with Crippen LogP contribution in [0, 0.1) is 0 Å². The maximum absolute atomic E-state index is 12.4. The lowest BCUT2D eigenvalue weighted by Gasteiger charge is -2.08. The summed E-state index contributed by atoms with van der Waals surface area (Å²) in [5, 5.41) is 0.479. The number of benzene rings is 1. The van der Waals surface area contributed by atoms with Crippen LogP contribution in [-0.2, 0) is 9.84 Å². The predicted molar refractivity (Wildman–Crippen MR) is 67.7 cm³/mol. The van der Waals surface area contributed by atoms with Crippen molar-refractivity contribution in [3.8, 4) is 5.88 Å². The van der Waals surface area contributed by atoms with E-state index in [9.17, 15) is 8.42 Å². The molecule has 2 rings (SSSR count). The molecule has 0 unspecified atom stereocenters. The fourth-order valence-electron chi connectivity index (χ4n) is 1.47. The topological polar surface area (TPSA) is 56.3 Å². The molecule has 0 saturated carbocycles. The summed E-state index contributed by atoms with van der Waals surface area (Å²) in [5.41, 5.74) is 0. The van der Waals surface area contributed by atoms with Gasteiger partial charge in [-0.15, -0.1) is 0 Å². The molecule has 2 aromatic rings. The Kier molecular flexibility index (Phi) is 3.54. The third-order valence-corrected chi connectivity index (χ3v) is 4.38. The van der Waals surface area contributed by atoms with Gasteiger partial charge in [-0.3, -0.25) is 0 Å². The molecule has 6 heteroatoms. The maximum Gasteiger partial charge on any atom is 0.232 e. The zero-order valence-corrected chi connectivity index (χ0v) is 11.1. The zero-order chi connectivity index (χ0) is 13.2. The van der Waals surface area contributed by atoms with E-state index in [1.807, 2.05) is 0 Å². The van der Waals surface area contributed by atoms with Crippen molar-refractivity contribution >= 4 is 21.4 Å². The molecular formula is C12H10ClNO3S. The van der Waals surface area contributed by atoms with Crippen molar-refractivity contribution in [3.05, 3.63) is 47.6 Å². The SMILES string of the molecule is COc1ncccc1S(=O)(=O)c1ccc(Cl)cc1. The van der Waals surface area contributed by atoms with Gasteiger partial charge in [0.25, 0.3) is 0 Å². The van der Waals surface area contributed by atoms with Gasteiger partial charge in [0.2, 0.25) is 15.7 Å². The number of aromatic nitrogens is 1. The van der Waals surface area contributed by atoms with Crippen molar-refractivity contribution in [1.82, 2.24) is 4.98 Å². The molecule has 0 aliphatic carbocycles. The monoisotopic (exact) mass is 283 g/mol. The third kappa shape index (κ3) is 2.32. The fraction of sp³-hybridized carbons (Fsp3) is 0.0833. The fourth-order valence-corrected chi connectivity index (χ4v) is 2.97. The smallest absolute Gasteiger partial charge is 0.232 e. The van der Waals surface area contributed by atoms with E-state index >= 15 is 0 Å². The standard InChI is InChI=1S/C12H10ClNO3S/c1-17-12-11(3-2-8-14-12)18(15,16)10-6-4-9(13)5-7-10/h2-8H,1H3. The van der Waals surface area contributed by atoms with E-state index in [1.165, 1.54) is 43.6 Å². The Morgan fingerprint density at radius 1 is 1.17 bits per heavy atom. The van der Waals surface area contributed by atoms with Crippen molar-refractivity contribution in [3.63, 3.8) is 0 Å². The summed E-state index contributed by atoms with van der Waals surface area (Å²) in [5.74, 6) is 0.0763. The molecule has 0 aliphatic heterocycles. The number of halogens is 1. The summed E-state index contributed by atoms with van der Waals surface area (Å²) in [7, 11) is -2.27. The minimum absolute atomic E-state index is 0.0369. The summed E-state index contributed by atoms with van der Waals surface area (Å²) in [6.07, 6.45) is 1.47. The van der Waals surface area contributed by atoms with E-state index in [0.29, 0.717) is 5.02 Å². The summed E-state index contributed by atoms with van der Waals surface area (Å²) < 4.78 is 29.7. The molecule has 1 aromatic heterocycles. The van der Waals surface area contributed by atoms with E-state index in [4.69, 9.17) is 16.3 Å². The van der Waals surface area contributed by atoms with E-state index < -0.39 is 9.84 Å². The molecule has 94 valence electrons. The highest BCUT2D eigenvalue weighted by atomic mass is 35.5. The number of sulfone groups is 1. The van der Waals surface area contributed by atoms with Crippen LogP contribution in [0.1, 0.15) is 0 Å². The minimum atomic E-state index is -3.64. The molecular weight excluding hydrogens is 274 g/mol. The number of hydrogen-bond donors (Lipinski definition) is 0. The lowest BCUT2D eigenvalue weighted by molar-refractivity contribution is 0.385. The van der Waals surface area contributed by atoms with E-state index in [0.717, 1.165) is 0 Å². The molecule has 18 heavy (non-hydrogen) atoms. The van der Waals surface area contributed by atoms with Crippen LogP contribution in [0.25, 0.3) is 0 Å². The largest absolute Gasteiger partial charge is 0.480 e.